The number of ether oxygens (including phenoxy) is 1. The van der Waals surface area contributed by atoms with Crippen LogP contribution in [0.25, 0.3) is 0 Å². The number of aliphatic hydroxyl groups is 1. The summed E-state index contributed by atoms with van der Waals surface area (Å²) in [6.07, 6.45) is -0.671. The third-order valence-corrected chi connectivity index (χ3v) is 3.72. The summed E-state index contributed by atoms with van der Waals surface area (Å²) < 4.78 is 18.8. The number of halogens is 1. The third-order valence-electron chi connectivity index (χ3n) is 3.72. The molecule has 1 aliphatic rings. The fraction of sp³-hybridized carbons (Fsp3) is 0.562. The molecule has 1 heterocycles. The largest absolute Gasteiger partial charge is 0.492 e. The van der Waals surface area contributed by atoms with Crippen LogP contribution in [-0.4, -0.2) is 61.0 Å². The van der Waals surface area contributed by atoms with Crippen molar-refractivity contribution in [3.63, 3.8) is 0 Å². The van der Waals surface area contributed by atoms with Gasteiger partial charge in [-0.05, 0) is 31.0 Å². The second kappa shape index (κ2) is 8.10. The van der Waals surface area contributed by atoms with E-state index in [-0.39, 0.29) is 31.6 Å². The summed E-state index contributed by atoms with van der Waals surface area (Å²) >= 11 is 0. The number of aryl methyl sites for hydroxylation is 1. The van der Waals surface area contributed by atoms with Crippen molar-refractivity contribution < 1.29 is 19.0 Å². The van der Waals surface area contributed by atoms with Gasteiger partial charge in [0.2, 0.25) is 5.91 Å². The van der Waals surface area contributed by atoms with Gasteiger partial charge in [0.1, 0.15) is 18.5 Å². The van der Waals surface area contributed by atoms with Crippen molar-refractivity contribution >= 4 is 5.91 Å². The fourth-order valence-electron chi connectivity index (χ4n) is 2.61. The SMILES string of the molecule is Cc1cccc(OCCNC(=O)CN2C[C@@H](F)C[C@H]2CO)c1. The van der Waals surface area contributed by atoms with Crippen LogP contribution in [0.3, 0.4) is 0 Å². The fourth-order valence-corrected chi connectivity index (χ4v) is 2.61. The molecule has 22 heavy (non-hydrogen) atoms. The van der Waals surface area contributed by atoms with Gasteiger partial charge in [0, 0.05) is 12.6 Å². The van der Waals surface area contributed by atoms with E-state index in [1.165, 1.54) is 0 Å². The van der Waals surface area contributed by atoms with Crippen LogP contribution in [0.5, 0.6) is 5.75 Å². The molecular formula is C16H23FN2O3. The highest BCUT2D eigenvalue weighted by Crippen LogP contribution is 2.19. The minimum absolute atomic E-state index is 0.107. The van der Waals surface area contributed by atoms with Crippen LogP contribution in [0, 0.1) is 6.92 Å². The molecule has 122 valence electrons. The number of nitrogens with one attached hydrogen (secondary N) is 1. The van der Waals surface area contributed by atoms with Gasteiger partial charge in [-0.15, -0.1) is 0 Å². The summed E-state index contributed by atoms with van der Waals surface area (Å²) in [4.78, 5) is 13.5. The lowest BCUT2D eigenvalue weighted by Crippen LogP contribution is -2.42. The highest BCUT2D eigenvalue weighted by Gasteiger charge is 2.32. The number of likely N-dealkylation sites (tertiary alicyclic amines) is 1. The Hall–Kier alpha value is -1.66. The van der Waals surface area contributed by atoms with E-state index in [9.17, 15) is 9.18 Å². The highest BCUT2D eigenvalue weighted by molar-refractivity contribution is 5.78. The minimum Gasteiger partial charge on any atom is -0.492 e. The van der Waals surface area contributed by atoms with Gasteiger partial charge in [0.05, 0.1) is 19.7 Å². The Morgan fingerprint density at radius 3 is 3.09 bits per heavy atom. The van der Waals surface area contributed by atoms with Crippen LogP contribution in [-0.2, 0) is 4.79 Å². The number of hydrogen-bond donors (Lipinski definition) is 2. The molecule has 6 heteroatoms. The average Bonchev–Trinajstić information content (AvgIpc) is 2.83. The molecule has 0 radical (unpaired) electrons. The topological polar surface area (TPSA) is 61.8 Å². The molecule has 1 aliphatic heterocycles. The van der Waals surface area contributed by atoms with Gasteiger partial charge in [0.25, 0.3) is 0 Å². The van der Waals surface area contributed by atoms with Gasteiger partial charge in [-0.25, -0.2) is 4.39 Å². The normalized spacial score (nSPS) is 21.8. The van der Waals surface area contributed by atoms with Crippen molar-refractivity contribution in [3.05, 3.63) is 29.8 Å². The van der Waals surface area contributed by atoms with Gasteiger partial charge in [-0.2, -0.15) is 0 Å². The van der Waals surface area contributed by atoms with E-state index in [4.69, 9.17) is 9.84 Å². The maximum Gasteiger partial charge on any atom is 0.234 e. The summed E-state index contributed by atoms with van der Waals surface area (Å²) in [5, 5.41) is 11.9. The molecule has 5 nitrogen and oxygen atoms in total. The predicted molar refractivity (Wildman–Crippen MR) is 81.6 cm³/mol. The van der Waals surface area contributed by atoms with Crippen molar-refractivity contribution in [2.75, 3.05) is 32.8 Å². The first-order valence-corrected chi connectivity index (χ1v) is 7.53. The predicted octanol–water partition coefficient (Wildman–Crippen LogP) is 0.895. The van der Waals surface area contributed by atoms with Crippen molar-refractivity contribution in [2.45, 2.75) is 25.6 Å². The number of amides is 1. The molecular weight excluding hydrogens is 287 g/mol. The zero-order valence-corrected chi connectivity index (χ0v) is 12.8. The lowest BCUT2D eigenvalue weighted by molar-refractivity contribution is -0.122. The molecule has 0 aliphatic carbocycles. The number of carbonyl (C=O) groups is 1. The molecule has 0 aromatic heterocycles. The van der Waals surface area contributed by atoms with Crippen LogP contribution in [0.2, 0.25) is 0 Å². The zero-order chi connectivity index (χ0) is 15.9. The summed E-state index contributed by atoms with van der Waals surface area (Å²) in [6, 6.07) is 7.44. The molecule has 0 spiro atoms. The minimum atomic E-state index is -0.963. The number of nitrogens with zero attached hydrogens (tertiary/aromatic N) is 1. The third kappa shape index (κ3) is 4.96. The van der Waals surface area contributed by atoms with Crippen LogP contribution in [0.4, 0.5) is 4.39 Å². The molecule has 1 saturated heterocycles. The summed E-state index contributed by atoms with van der Waals surface area (Å²) in [7, 11) is 0. The van der Waals surface area contributed by atoms with Gasteiger partial charge in [0.15, 0.2) is 0 Å². The maximum absolute atomic E-state index is 13.3. The van der Waals surface area contributed by atoms with E-state index < -0.39 is 6.17 Å². The number of alkyl halides is 1. The maximum atomic E-state index is 13.3. The lowest BCUT2D eigenvalue weighted by Gasteiger charge is -2.21. The van der Waals surface area contributed by atoms with Crippen LogP contribution in [0.15, 0.2) is 24.3 Å². The Morgan fingerprint density at radius 1 is 1.55 bits per heavy atom. The van der Waals surface area contributed by atoms with Gasteiger partial charge in [-0.1, -0.05) is 12.1 Å². The molecule has 0 unspecified atom stereocenters. The van der Waals surface area contributed by atoms with Crippen LogP contribution < -0.4 is 10.1 Å². The second-order valence-electron chi connectivity index (χ2n) is 5.61. The summed E-state index contributed by atoms with van der Waals surface area (Å²) in [5.41, 5.74) is 1.12. The molecule has 0 bridgehead atoms. The van der Waals surface area contributed by atoms with Crippen LogP contribution >= 0.6 is 0 Å². The van der Waals surface area contributed by atoms with Crippen LogP contribution in [0.1, 0.15) is 12.0 Å². The summed E-state index contributed by atoms with van der Waals surface area (Å²) in [6.45, 7) is 2.95. The van der Waals surface area contributed by atoms with Crippen molar-refractivity contribution in [3.8, 4) is 5.75 Å². The average molecular weight is 310 g/mol. The molecule has 1 fully saturated rings. The Labute approximate surface area is 130 Å². The number of carbonyl (C=O) groups excluding carboxylic acids is 1. The smallest absolute Gasteiger partial charge is 0.234 e. The molecule has 2 atom stereocenters. The molecule has 1 amide bonds. The van der Waals surface area contributed by atoms with Gasteiger partial charge in [-0.3, -0.25) is 9.69 Å². The van der Waals surface area contributed by atoms with E-state index in [1.54, 1.807) is 4.90 Å². The number of aliphatic hydroxyl groups excluding tert-OH is 1. The monoisotopic (exact) mass is 310 g/mol. The lowest BCUT2D eigenvalue weighted by atomic mass is 10.2. The number of benzene rings is 1. The van der Waals surface area contributed by atoms with Gasteiger partial charge >= 0.3 is 0 Å². The molecule has 1 aromatic rings. The molecule has 2 rings (SSSR count). The number of rotatable bonds is 7. The first-order chi connectivity index (χ1) is 10.6. The van der Waals surface area contributed by atoms with E-state index >= 15 is 0 Å². The molecule has 0 saturated carbocycles. The zero-order valence-electron chi connectivity index (χ0n) is 12.8. The van der Waals surface area contributed by atoms with E-state index in [0.29, 0.717) is 19.6 Å². The second-order valence-corrected chi connectivity index (χ2v) is 5.61. The quantitative estimate of drug-likeness (QED) is 0.735. The van der Waals surface area contributed by atoms with Crippen molar-refractivity contribution in [2.24, 2.45) is 0 Å². The first-order valence-electron chi connectivity index (χ1n) is 7.53. The Morgan fingerprint density at radius 2 is 2.36 bits per heavy atom. The molecule has 2 N–H and O–H groups in total. The molecule has 1 aromatic carbocycles. The van der Waals surface area contributed by atoms with Crippen molar-refractivity contribution in [1.29, 1.82) is 0 Å². The Bertz CT molecular complexity index is 498. The van der Waals surface area contributed by atoms with E-state index in [0.717, 1.165) is 11.3 Å². The van der Waals surface area contributed by atoms with E-state index in [1.807, 2.05) is 31.2 Å². The van der Waals surface area contributed by atoms with Crippen molar-refractivity contribution in [1.82, 2.24) is 10.2 Å². The van der Waals surface area contributed by atoms with E-state index in [2.05, 4.69) is 5.32 Å². The standard InChI is InChI=1S/C16H23FN2O3/c1-12-3-2-4-15(7-12)22-6-5-18-16(21)10-19-9-13(17)8-14(19)11-20/h2-4,7,13-14,20H,5-6,8-11H2,1H3,(H,18,21)/t13-,14-/m0/s1. The summed E-state index contributed by atoms with van der Waals surface area (Å²) in [5.74, 6) is 0.592. The Balaban J connectivity index is 1.65. The van der Waals surface area contributed by atoms with Gasteiger partial charge < -0.3 is 15.2 Å². The highest BCUT2D eigenvalue weighted by atomic mass is 19.1. The Kier molecular flexibility index (Phi) is 6.15. The first kappa shape index (κ1) is 16.7. The number of hydrogen-bond acceptors (Lipinski definition) is 4.